The van der Waals surface area contributed by atoms with Crippen molar-refractivity contribution < 1.29 is 9.59 Å². The number of aromatic nitrogens is 1. The molecular weight excluding hydrogens is 376 g/mol. The number of anilines is 1. The smallest absolute Gasteiger partial charge is 0.256 e. The van der Waals surface area contributed by atoms with Crippen LogP contribution in [0.2, 0.25) is 0 Å². The Hall–Kier alpha value is -2.60. The van der Waals surface area contributed by atoms with E-state index >= 15 is 0 Å². The quantitative estimate of drug-likeness (QED) is 0.789. The minimum atomic E-state index is -0.0255. The molecule has 1 amide bonds. The fourth-order valence-electron chi connectivity index (χ4n) is 5.00. The summed E-state index contributed by atoms with van der Waals surface area (Å²) in [6.45, 7) is 10.9. The number of aryl methyl sites for hydroxylation is 1. The van der Waals surface area contributed by atoms with Crippen LogP contribution in [0.5, 0.6) is 0 Å². The topological polar surface area (TPSA) is 59.7 Å². The van der Waals surface area contributed by atoms with Crippen LogP contribution >= 0.6 is 0 Å². The number of likely N-dealkylation sites (tertiary alicyclic amines) is 1. The Kier molecular flexibility index (Phi) is 5.95. The molecule has 0 spiro atoms. The van der Waals surface area contributed by atoms with Gasteiger partial charge in [0.15, 0.2) is 5.78 Å². The van der Waals surface area contributed by atoms with Gasteiger partial charge in [-0.15, -0.1) is 0 Å². The van der Waals surface area contributed by atoms with Crippen molar-refractivity contribution in [3.8, 4) is 0 Å². The SMILES string of the molecule is CC(=O)c1[nH]c(C)c(C(=O)N2CCC[C@H](N3CCN(c4ccccc4)CC3)C2)c1C. The van der Waals surface area contributed by atoms with E-state index in [4.69, 9.17) is 0 Å². The first kappa shape index (κ1) is 20.7. The number of nitrogens with one attached hydrogen (secondary N) is 1. The molecular formula is C24H32N4O2. The number of carbonyl (C=O) groups excluding carboxylic acids is 2. The molecule has 0 aliphatic carbocycles. The Bertz CT molecular complexity index is 913. The van der Waals surface area contributed by atoms with Crippen molar-refractivity contribution >= 4 is 17.4 Å². The zero-order valence-corrected chi connectivity index (χ0v) is 18.3. The second kappa shape index (κ2) is 8.64. The monoisotopic (exact) mass is 408 g/mol. The van der Waals surface area contributed by atoms with Gasteiger partial charge in [-0.05, 0) is 44.4 Å². The lowest BCUT2D eigenvalue weighted by Gasteiger charge is -2.44. The number of carbonyl (C=O) groups is 2. The lowest BCUT2D eigenvalue weighted by molar-refractivity contribution is 0.0562. The van der Waals surface area contributed by atoms with Gasteiger partial charge >= 0.3 is 0 Å². The molecule has 1 aromatic heterocycles. The van der Waals surface area contributed by atoms with Gasteiger partial charge < -0.3 is 14.8 Å². The number of benzene rings is 1. The Morgan fingerprint density at radius 1 is 1.00 bits per heavy atom. The Labute approximate surface area is 178 Å². The summed E-state index contributed by atoms with van der Waals surface area (Å²) in [5.41, 5.74) is 4.10. The molecule has 2 aliphatic heterocycles. The van der Waals surface area contributed by atoms with Crippen molar-refractivity contribution in [3.63, 3.8) is 0 Å². The summed E-state index contributed by atoms with van der Waals surface area (Å²) < 4.78 is 0. The molecule has 0 unspecified atom stereocenters. The fraction of sp³-hybridized carbons (Fsp3) is 0.500. The van der Waals surface area contributed by atoms with Crippen LogP contribution in [-0.4, -0.2) is 71.8 Å². The zero-order valence-electron chi connectivity index (χ0n) is 18.3. The van der Waals surface area contributed by atoms with E-state index in [0.29, 0.717) is 17.3 Å². The molecule has 160 valence electrons. The molecule has 2 fully saturated rings. The van der Waals surface area contributed by atoms with Crippen LogP contribution < -0.4 is 4.90 Å². The molecule has 1 aromatic carbocycles. The van der Waals surface area contributed by atoms with Gasteiger partial charge in [0, 0.05) is 63.6 Å². The number of Topliss-reactive ketones (excluding diaryl/α,β-unsaturated/α-hetero) is 1. The third-order valence-electron chi connectivity index (χ3n) is 6.64. The average molecular weight is 409 g/mol. The third-order valence-corrected chi connectivity index (χ3v) is 6.64. The highest BCUT2D eigenvalue weighted by molar-refractivity contribution is 6.02. The van der Waals surface area contributed by atoms with Crippen LogP contribution in [-0.2, 0) is 0 Å². The summed E-state index contributed by atoms with van der Waals surface area (Å²) in [6.07, 6.45) is 2.16. The van der Waals surface area contributed by atoms with Crippen molar-refractivity contribution in [1.82, 2.24) is 14.8 Å². The fourth-order valence-corrected chi connectivity index (χ4v) is 5.00. The molecule has 2 aliphatic rings. The largest absolute Gasteiger partial charge is 0.369 e. The lowest BCUT2D eigenvalue weighted by atomic mass is 10.0. The maximum atomic E-state index is 13.3. The molecule has 1 N–H and O–H groups in total. The summed E-state index contributed by atoms with van der Waals surface area (Å²) >= 11 is 0. The molecule has 30 heavy (non-hydrogen) atoms. The molecule has 0 bridgehead atoms. The second-order valence-electron chi connectivity index (χ2n) is 8.59. The summed E-state index contributed by atoms with van der Waals surface area (Å²) in [4.78, 5) is 35.3. The van der Waals surface area contributed by atoms with Gasteiger partial charge in [-0.1, -0.05) is 18.2 Å². The van der Waals surface area contributed by atoms with Crippen molar-refractivity contribution in [2.45, 2.75) is 39.7 Å². The van der Waals surface area contributed by atoms with Gasteiger partial charge in [0.05, 0.1) is 11.3 Å². The van der Waals surface area contributed by atoms with E-state index in [1.807, 2.05) is 18.7 Å². The number of aromatic amines is 1. The number of nitrogens with zero attached hydrogens (tertiary/aromatic N) is 3. The first-order valence-corrected chi connectivity index (χ1v) is 11.0. The van der Waals surface area contributed by atoms with E-state index in [-0.39, 0.29) is 11.7 Å². The van der Waals surface area contributed by atoms with Crippen molar-refractivity contribution in [2.24, 2.45) is 0 Å². The predicted molar refractivity (Wildman–Crippen MR) is 119 cm³/mol. The first-order valence-electron chi connectivity index (χ1n) is 11.0. The highest BCUT2D eigenvalue weighted by Crippen LogP contribution is 2.25. The van der Waals surface area contributed by atoms with Gasteiger partial charge in [0.1, 0.15) is 0 Å². The number of hydrogen-bond acceptors (Lipinski definition) is 4. The molecule has 2 aromatic rings. The van der Waals surface area contributed by atoms with Crippen LogP contribution in [0.4, 0.5) is 5.69 Å². The maximum absolute atomic E-state index is 13.3. The first-order chi connectivity index (χ1) is 14.5. The predicted octanol–water partition coefficient (Wildman–Crippen LogP) is 3.26. The molecule has 6 heteroatoms. The molecule has 3 heterocycles. The van der Waals surface area contributed by atoms with Gasteiger partial charge in [-0.25, -0.2) is 0 Å². The summed E-state index contributed by atoms with van der Waals surface area (Å²) in [7, 11) is 0. The van der Waals surface area contributed by atoms with Crippen molar-refractivity contribution in [3.05, 3.63) is 52.8 Å². The summed E-state index contributed by atoms with van der Waals surface area (Å²) in [6, 6.07) is 11.0. The average Bonchev–Trinajstić information content (AvgIpc) is 3.08. The number of amides is 1. The number of para-hydroxylation sites is 1. The zero-order chi connectivity index (χ0) is 21.3. The lowest BCUT2D eigenvalue weighted by Crippen LogP contribution is -2.56. The normalized spacial score (nSPS) is 20.4. The summed E-state index contributed by atoms with van der Waals surface area (Å²) in [5, 5.41) is 0. The van der Waals surface area contributed by atoms with Crippen LogP contribution in [0.15, 0.2) is 30.3 Å². The van der Waals surface area contributed by atoms with E-state index in [0.717, 1.165) is 63.4 Å². The summed E-state index contributed by atoms with van der Waals surface area (Å²) in [5.74, 6) is 0.0313. The van der Waals surface area contributed by atoms with Crippen molar-refractivity contribution in [2.75, 3.05) is 44.2 Å². The van der Waals surface area contributed by atoms with Crippen LogP contribution in [0.3, 0.4) is 0 Å². The number of hydrogen-bond donors (Lipinski definition) is 1. The highest BCUT2D eigenvalue weighted by atomic mass is 16.2. The standard InChI is InChI=1S/C24H32N4O2/c1-17-22(18(2)25-23(17)19(3)29)24(30)28-11-7-10-21(16-28)27-14-12-26(13-15-27)20-8-5-4-6-9-20/h4-6,8-9,21,25H,7,10-16H2,1-3H3/t21-/m0/s1. The number of rotatable bonds is 4. The van der Waals surface area contributed by atoms with Crippen LogP contribution in [0.25, 0.3) is 0 Å². The van der Waals surface area contributed by atoms with E-state index in [9.17, 15) is 9.59 Å². The van der Waals surface area contributed by atoms with Gasteiger partial charge in [-0.2, -0.15) is 0 Å². The Morgan fingerprint density at radius 3 is 2.33 bits per heavy atom. The van der Waals surface area contributed by atoms with E-state index in [1.54, 1.807) is 6.92 Å². The molecule has 0 radical (unpaired) electrons. The number of ketones is 1. The number of piperidine rings is 1. The molecule has 4 rings (SSSR count). The van der Waals surface area contributed by atoms with E-state index < -0.39 is 0 Å². The van der Waals surface area contributed by atoms with Gasteiger partial charge in [-0.3, -0.25) is 14.5 Å². The minimum Gasteiger partial charge on any atom is -0.369 e. The molecule has 0 saturated carbocycles. The minimum absolute atomic E-state index is 0.0255. The maximum Gasteiger partial charge on any atom is 0.256 e. The highest BCUT2D eigenvalue weighted by Gasteiger charge is 2.32. The second-order valence-corrected chi connectivity index (χ2v) is 8.59. The number of H-pyrrole nitrogens is 1. The van der Waals surface area contributed by atoms with Crippen molar-refractivity contribution in [1.29, 1.82) is 0 Å². The Morgan fingerprint density at radius 2 is 1.70 bits per heavy atom. The van der Waals surface area contributed by atoms with Gasteiger partial charge in [0.25, 0.3) is 5.91 Å². The molecule has 1 atom stereocenters. The van der Waals surface area contributed by atoms with Crippen LogP contribution in [0, 0.1) is 13.8 Å². The van der Waals surface area contributed by atoms with E-state index in [2.05, 4.69) is 45.1 Å². The Balaban J connectivity index is 1.41. The number of piperazine rings is 1. The molecule has 2 saturated heterocycles. The van der Waals surface area contributed by atoms with Gasteiger partial charge in [0.2, 0.25) is 0 Å². The third kappa shape index (κ3) is 4.01. The molecule has 6 nitrogen and oxygen atoms in total. The van der Waals surface area contributed by atoms with Crippen LogP contribution in [0.1, 0.15) is 51.9 Å². The van der Waals surface area contributed by atoms with E-state index in [1.165, 1.54) is 5.69 Å².